The Labute approximate surface area is 97.0 Å². The summed E-state index contributed by atoms with van der Waals surface area (Å²) in [5, 5.41) is 29.8. The molecule has 0 saturated heterocycles. The number of hydrogen-bond acceptors (Lipinski definition) is 5. The van der Waals surface area contributed by atoms with Gasteiger partial charge < -0.3 is 5.11 Å². The van der Waals surface area contributed by atoms with Gasteiger partial charge in [-0.25, -0.2) is 0 Å². The molecule has 0 fully saturated rings. The number of aliphatic hydroxyl groups excluding tert-OH is 1. The van der Waals surface area contributed by atoms with Crippen molar-refractivity contribution in [2.24, 2.45) is 0 Å². The van der Waals surface area contributed by atoms with Crippen LogP contribution in [0.3, 0.4) is 0 Å². The van der Waals surface area contributed by atoms with Crippen molar-refractivity contribution in [2.75, 3.05) is 6.61 Å². The molecular weight excluding hydrogens is 228 g/mol. The molecule has 0 heterocycles. The largest absolute Gasteiger partial charge is 0.396 e. The van der Waals surface area contributed by atoms with Crippen molar-refractivity contribution in [3.63, 3.8) is 0 Å². The van der Waals surface area contributed by atoms with E-state index in [1.54, 1.807) is 0 Å². The van der Waals surface area contributed by atoms with Crippen LogP contribution < -0.4 is 0 Å². The quantitative estimate of drug-likeness (QED) is 0.463. The summed E-state index contributed by atoms with van der Waals surface area (Å²) in [6.07, 6.45) is 1.84. The topological polar surface area (TPSA) is 107 Å². The van der Waals surface area contributed by atoms with E-state index in [9.17, 15) is 20.2 Å². The first kappa shape index (κ1) is 13.0. The Bertz CT molecular complexity index is 433. The van der Waals surface area contributed by atoms with Gasteiger partial charge in [-0.1, -0.05) is 6.07 Å². The highest BCUT2D eigenvalue weighted by Gasteiger charge is 2.23. The Hall–Kier alpha value is -2.02. The summed E-state index contributed by atoms with van der Waals surface area (Å²) in [6, 6.07) is 3.87. The number of nitrogens with zero attached hydrogens (tertiary/aromatic N) is 2. The standard InChI is InChI=1S/C10H12N2O5/c13-6-2-1-3-8-4-5-9(11(14)15)10(7-8)12(16)17/h4-5,7,13H,1-3,6H2. The smallest absolute Gasteiger partial charge is 0.346 e. The minimum absolute atomic E-state index is 0.0646. The maximum Gasteiger partial charge on any atom is 0.346 e. The zero-order chi connectivity index (χ0) is 12.8. The van der Waals surface area contributed by atoms with Crippen molar-refractivity contribution in [1.29, 1.82) is 0 Å². The number of aliphatic hydroxyl groups is 1. The molecule has 0 saturated carbocycles. The van der Waals surface area contributed by atoms with E-state index < -0.39 is 21.2 Å². The predicted octanol–water partition coefficient (Wildman–Crippen LogP) is 1.82. The SMILES string of the molecule is O=[N+]([O-])c1ccc(CCCCO)cc1[N+](=O)[O-]. The first-order valence-electron chi connectivity index (χ1n) is 5.09. The van der Waals surface area contributed by atoms with Crippen LogP contribution in [0.1, 0.15) is 18.4 Å². The Morgan fingerprint density at radius 3 is 2.24 bits per heavy atom. The molecule has 0 bridgehead atoms. The van der Waals surface area contributed by atoms with Crippen LogP contribution in [-0.4, -0.2) is 21.6 Å². The first-order chi connectivity index (χ1) is 8.06. The monoisotopic (exact) mass is 240 g/mol. The number of rotatable bonds is 6. The molecule has 0 atom stereocenters. The highest BCUT2D eigenvalue weighted by molar-refractivity contribution is 5.54. The molecule has 0 aliphatic rings. The van der Waals surface area contributed by atoms with Crippen LogP contribution in [0, 0.1) is 20.2 Å². The van der Waals surface area contributed by atoms with Crippen LogP contribution in [-0.2, 0) is 6.42 Å². The summed E-state index contributed by atoms with van der Waals surface area (Å²) in [5.74, 6) is 0. The number of nitro groups is 2. The lowest BCUT2D eigenvalue weighted by atomic mass is 10.1. The Balaban J connectivity index is 2.94. The van der Waals surface area contributed by atoms with E-state index in [4.69, 9.17) is 5.11 Å². The average molecular weight is 240 g/mol. The van der Waals surface area contributed by atoms with Crippen LogP contribution in [0.25, 0.3) is 0 Å². The molecule has 0 spiro atoms. The van der Waals surface area contributed by atoms with Crippen molar-refractivity contribution in [3.05, 3.63) is 44.0 Å². The maximum absolute atomic E-state index is 10.7. The van der Waals surface area contributed by atoms with Crippen molar-refractivity contribution >= 4 is 11.4 Å². The van der Waals surface area contributed by atoms with Crippen molar-refractivity contribution < 1.29 is 15.0 Å². The van der Waals surface area contributed by atoms with Gasteiger partial charge in [-0.3, -0.25) is 20.2 Å². The molecule has 1 N–H and O–H groups in total. The number of benzene rings is 1. The fourth-order valence-corrected chi connectivity index (χ4v) is 1.47. The summed E-state index contributed by atoms with van der Waals surface area (Å²) < 4.78 is 0. The summed E-state index contributed by atoms with van der Waals surface area (Å²) in [7, 11) is 0. The minimum atomic E-state index is -0.768. The van der Waals surface area contributed by atoms with Crippen LogP contribution in [0.5, 0.6) is 0 Å². The molecular formula is C10H12N2O5. The molecule has 0 aliphatic carbocycles. The first-order valence-corrected chi connectivity index (χ1v) is 5.09. The minimum Gasteiger partial charge on any atom is -0.396 e. The van der Waals surface area contributed by atoms with Gasteiger partial charge in [0.2, 0.25) is 0 Å². The average Bonchev–Trinajstić information content (AvgIpc) is 2.29. The molecule has 0 aliphatic heterocycles. The predicted molar refractivity (Wildman–Crippen MR) is 59.8 cm³/mol. The zero-order valence-electron chi connectivity index (χ0n) is 9.04. The molecule has 17 heavy (non-hydrogen) atoms. The van der Waals surface area contributed by atoms with E-state index >= 15 is 0 Å². The third-order valence-corrected chi connectivity index (χ3v) is 2.31. The molecule has 0 radical (unpaired) electrons. The molecule has 92 valence electrons. The molecule has 1 aromatic carbocycles. The van der Waals surface area contributed by atoms with Crippen molar-refractivity contribution in [3.8, 4) is 0 Å². The second-order valence-corrected chi connectivity index (χ2v) is 3.52. The summed E-state index contributed by atoms with van der Waals surface area (Å²) in [4.78, 5) is 19.7. The molecule has 7 nitrogen and oxygen atoms in total. The Morgan fingerprint density at radius 2 is 1.71 bits per heavy atom. The van der Waals surface area contributed by atoms with E-state index in [2.05, 4.69) is 0 Å². The van der Waals surface area contributed by atoms with Gasteiger partial charge in [0.1, 0.15) is 0 Å². The van der Waals surface area contributed by atoms with Gasteiger partial charge in [-0.05, 0) is 24.8 Å². The van der Waals surface area contributed by atoms with Crippen molar-refractivity contribution in [2.45, 2.75) is 19.3 Å². The molecule has 1 rings (SSSR count). The summed E-state index contributed by atoms with van der Waals surface area (Å²) in [5.41, 5.74) is -0.326. The van der Waals surface area contributed by atoms with E-state index in [0.29, 0.717) is 24.8 Å². The van der Waals surface area contributed by atoms with Gasteiger partial charge in [-0.2, -0.15) is 0 Å². The van der Waals surface area contributed by atoms with Crippen LogP contribution in [0.4, 0.5) is 11.4 Å². The lowest BCUT2D eigenvalue weighted by Gasteiger charge is -2.01. The highest BCUT2D eigenvalue weighted by atomic mass is 16.6. The summed E-state index contributed by atoms with van der Waals surface area (Å²) in [6.45, 7) is 0.0646. The third kappa shape index (κ3) is 3.49. The zero-order valence-corrected chi connectivity index (χ0v) is 9.04. The van der Waals surface area contributed by atoms with Gasteiger partial charge in [0.15, 0.2) is 0 Å². The number of unbranched alkanes of at least 4 members (excludes halogenated alkanes) is 1. The molecule has 1 aromatic rings. The second-order valence-electron chi connectivity index (χ2n) is 3.52. The van der Waals surface area contributed by atoms with Crippen LogP contribution >= 0.6 is 0 Å². The highest BCUT2D eigenvalue weighted by Crippen LogP contribution is 2.27. The van der Waals surface area contributed by atoms with E-state index in [-0.39, 0.29) is 6.61 Å². The number of hydrogen-bond donors (Lipinski definition) is 1. The molecule has 0 amide bonds. The fraction of sp³-hybridized carbons (Fsp3) is 0.400. The van der Waals surface area contributed by atoms with E-state index in [1.807, 2.05) is 0 Å². The Kier molecular flexibility index (Phi) is 4.53. The van der Waals surface area contributed by atoms with E-state index in [1.165, 1.54) is 12.1 Å². The fourth-order valence-electron chi connectivity index (χ4n) is 1.47. The normalized spacial score (nSPS) is 10.2. The van der Waals surface area contributed by atoms with Gasteiger partial charge in [-0.15, -0.1) is 0 Å². The molecule has 7 heteroatoms. The molecule has 0 aromatic heterocycles. The van der Waals surface area contributed by atoms with Gasteiger partial charge >= 0.3 is 11.4 Å². The summed E-state index contributed by atoms with van der Waals surface area (Å²) >= 11 is 0. The number of nitro benzene ring substituents is 2. The van der Waals surface area contributed by atoms with E-state index in [0.717, 1.165) is 6.07 Å². The van der Waals surface area contributed by atoms with Gasteiger partial charge in [0.05, 0.1) is 9.85 Å². The third-order valence-electron chi connectivity index (χ3n) is 2.31. The lowest BCUT2D eigenvalue weighted by molar-refractivity contribution is -0.422. The Morgan fingerprint density at radius 1 is 1.06 bits per heavy atom. The van der Waals surface area contributed by atoms with Crippen molar-refractivity contribution in [1.82, 2.24) is 0 Å². The second kappa shape index (κ2) is 5.90. The van der Waals surface area contributed by atoms with Gasteiger partial charge in [0, 0.05) is 18.7 Å². The molecule has 0 unspecified atom stereocenters. The lowest BCUT2D eigenvalue weighted by Crippen LogP contribution is -1.98. The maximum atomic E-state index is 10.7. The van der Waals surface area contributed by atoms with Crippen LogP contribution in [0.2, 0.25) is 0 Å². The van der Waals surface area contributed by atoms with Crippen LogP contribution in [0.15, 0.2) is 18.2 Å². The number of aryl methyl sites for hydroxylation is 1. The van der Waals surface area contributed by atoms with Gasteiger partial charge in [0.25, 0.3) is 0 Å².